The number of carbonyl (C=O) groups is 2. The Hall–Kier alpha value is -2.93. The Kier molecular flexibility index (Phi) is 5.72. The highest BCUT2D eigenvalue weighted by Gasteiger charge is 2.47. The second-order valence-corrected chi connectivity index (χ2v) is 8.22. The van der Waals surface area contributed by atoms with Crippen LogP contribution in [0.1, 0.15) is 40.0 Å². The summed E-state index contributed by atoms with van der Waals surface area (Å²) in [6.07, 6.45) is 3.95. The second kappa shape index (κ2) is 8.44. The monoisotopic (exact) mass is 409 g/mol. The molecule has 0 bridgehead atoms. The first kappa shape index (κ1) is 20.3. The molecular formula is C23H27N3O4. The van der Waals surface area contributed by atoms with Gasteiger partial charge in [0.2, 0.25) is 5.88 Å². The number of carbonyl (C=O) groups excluding carboxylic acids is 2. The fourth-order valence-electron chi connectivity index (χ4n) is 4.67. The second-order valence-electron chi connectivity index (χ2n) is 8.22. The third-order valence-electron chi connectivity index (χ3n) is 6.41. The molecule has 3 heterocycles. The van der Waals surface area contributed by atoms with Gasteiger partial charge in [0.15, 0.2) is 0 Å². The van der Waals surface area contributed by atoms with Crippen LogP contribution in [0.4, 0.5) is 0 Å². The molecule has 0 radical (unpaired) electrons. The number of ether oxygens (including phenoxy) is 1. The van der Waals surface area contributed by atoms with Crippen molar-refractivity contribution in [2.75, 3.05) is 33.4 Å². The molecule has 1 aromatic carbocycles. The Balaban J connectivity index is 1.42. The van der Waals surface area contributed by atoms with Crippen molar-refractivity contribution in [1.29, 1.82) is 0 Å². The molecular weight excluding hydrogens is 382 g/mol. The normalized spacial score (nSPS) is 20.4. The van der Waals surface area contributed by atoms with Crippen LogP contribution in [0.5, 0.6) is 5.88 Å². The van der Waals surface area contributed by atoms with E-state index in [2.05, 4.69) is 4.98 Å². The van der Waals surface area contributed by atoms with Gasteiger partial charge in [-0.2, -0.15) is 0 Å². The van der Waals surface area contributed by atoms with Crippen LogP contribution in [0.15, 0.2) is 48.7 Å². The van der Waals surface area contributed by atoms with E-state index < -0.39 is 0 Å². The molecule has 4 rings (SSSR count). The molecule has 7 nitrogen and oxygen atoms in total. The van der Waals surface area contributed by atoms with Crippen molar-refractivity contribution in [3.05, 3.63) is 59.8 Å². The minimum absolute atomic E-state index is 0.0330. The summed E-state index contributed by atoms with van der Waals surface area (Å²) in [5.74, 6) is 0.414. The van der Waals surface area contributed by atoms with Gasteiger partial charge in [-0.25, -0.2) is 4.98 Å². The number of hydrogen-bond donors (Lipinski definition) is 1. The molecule has 2 amide bonds. The van der Waals surface area contributed by atoms with Gasteiger partial charge in [0.25, 0.3) is 11.8 Å². The lowest BCUT2D eigenvalue weighted by Gasteiger charge is -2.39. The fourth-order valence-corrected chi connectivity index (χ4v) is 4.67. The summed E-state index contributed by atoms with van der Waals surface area (Å²) in [4.78, 5) is 33.6. The van der Waals surface area contributed by atoms with Crippen LogP contribution in [0.2, 0.25) is 0 Å². The maximum absolute atomic E-state index is 13.0. The summed E-state index contributed by atoms with van der Waals surface area (Å²) in [5.41, 5.74) is 1.15. The predicted molar refractivity (Wildman–Crippen MR) is 111 cm³/mol. The van der Waals surface area contributed by atoms with Crippen LogP contribution in [0, 0.1) is 5.41 Å². The average Bonchev–Trinajstić information content (AvgIpc) is 3.17. The number of aliphatic hydroxyl groups excluding tert-OH is 1. The van der Waals surface area contributed by atoms with Gasteiger partial charge in [0, 0.05) is 37.5 Å². The van der Waals surface area contributed by atoms with E-state index >= 15 is 0 Å². The number of amides is 2. The molecule has 2 saturated heterocycles. The number of pyridine rings is 1. The van der Waals surface area contributed by atoms with E-state index in [1.165, 1.54) is 0 Å². The summed E-state index contributed by atoms with van der Waals surface area (Å²) in [5, 5.41) is 9.90. The molecule has 158 valence electrons. The Morgan fingerprint density at radius 3 is 2.43 bits per heavy atom. The summed E-state index contributed by atoms with van der Waals surface area (Å²) in [6, 6.07) is 12.5. The zero-order chi connectivity index (χ0) is 21.1. The topological polar surface area (TPSA) is 83.0 Å². The number of methoxy groups -OCH3 is 1. The molecule has 1 N–H and O–H groups in total. The lowest BCUT2D eigenvalue weighted by Crippen LogP contribution is -2.44. The van der Waals surface area contributed by atoms with Gasteiger partial charge in [-0.1, -0.05) is 18.2 Å². The smallest absolute Gasteiger partial charge is 0.255 e. The lowest BCUT2D eigenvalue weighted by atomic mass is 9.76. The molecule has 30 heavy (non-hydrogen) atoms. The summed E-state index contributed by atoms with van der Waals surface area (Å²) in [6.45, 7) is 1.85. The minimum atomic E-state index is -0.175. The predicted octanol–water partition coefficient (Wildman–Crippen LogP) is 2.22. The van der Waals surface area contributed by atoms with Crippen LogP contribution >= 0.6 is 0 Å². The molecule has 2 aromatic rings. The Bertz CT molecular complexity index is 892. The van der Waals surface area contributed by atoms with Gasteiger partial charge in [-0.05, 0) is 42.9 Å². The number of rotatable bonds is 4. The standard InChI is InChI=1S/C23H27N3O4/c1-30-20-8-7-18(14-24-20)21(28)25-11-9-23(10-12-25)13-19(15-27)26(16-23)22(29)17-5-3-2-4-6-17/h2-8,14,19,27H,9-13,15-16H2,1H3. The number of aliphatic hydroxyl groups is 1. The van der Waals surface area contributed by atoms with Gasteiger partial charge in [-0.3, -0.25) is 9.59 Å². The van der Waals surface area contributed by atoms with Gasteiger partial charge in [0.1, 0.15) is 0 Å². The molecule has 1 aromatic heterocycles. The maximum Gasteiger partial charge on any atom is 0.255 e. The number of piperidine rings is 1. The van der Waals surface area contributed by atoms with E-state index in [-0.39, 0.29) is 29.9 Å². The van der Waals surface area contributed by atoms with Gasteiger partial charge in [0.05, 0.1) is 25.3 Å². The number of likely N-dealkylation sites (tertiary alicyclic amines) is 2. The number of nitrogens with zero attached hydrogens (tertiary/aromatic N) is 3. The van der Waals surface area contributed by atoms with E-state index in [1.807, 2.05) is 40.1 Å². The Morgan fingerprint density at radius 2 is 1.83 bits per heavy atom. The van der Waals surface area contributed by atoms with Crippen LogP contribution in [-0.4, -0.2) is 71.1 Å². The van der Waals surface area contributed by atoms with Crippen molar-refractivity contribution in [3.63, 3.8) is 0 Å². The van der Waals surface area contributed by atoms with Gasteiger partial charge >= 0.3 is 0 Å². The number of aromatic nitrogens is 1. The first-order chi connectivity index (χ1) is 14.5. The van der Waals surface area contributed by atoms with Crippen molar-refractivity contribution in [3.8, 4) is 5.88 Å². The molecule has 7 heteroatoms. The number of benzene rings is 1. The fraction of sp³-hybridized carbons (Fsp3) is 0.435. The van der Waals surface area contributed by atoms with E-state index in [0.29, 0.717) is 36.6 Å². The van der Waals surface area contributed by atoms with Gasteiger partial charge in [-0.15, -0.1) is 0 Å². The molecule has 2 fully saturated rings. The summed E-state index contributed by atoms with van der Waals surface area (Å²) >= 11 is 0. The highest BCUT2D eigenvalue weighted by Crippen LogP contribution is 2.44. The molecule has 2 aliphatic heterocycles. The number of hydrogen-bond acceptors (Lipinski definition) is 5. The van der Waals surface area contributed by atoms with Crippen molar-refractivity contribution in [2.24, 2.45) is 5.41 Å². The maximum atomic E-state index is 13.0. The first-order valence-corrected chi connectivity index (χ1v) is 10.3. The van der Waals surface area contributed by atoms with E-state index in [0.717, 1.165) is 19.3 Å². The van der Waals surface area contributed by atoms with E-state index in [9.17, 15) is 14.7 Å². The lowest BCUT2D eigenvalue weighted by molar-refractivity contribution is 0.0559. The molecule has 0 aliphatic carbocycles. The van der Waals surface area contributed by atoms with Crippen LogP contribution < -0.4 is 4.74 Å². The molecule has 0 saturated carbocycles. The molecule has 2 aliphatic rings. The van der Waals surface area contributed by atoms with Crippen molar-refractivity contribution >= 4 is 11.8 Å². The minimum Gasteiger partial charge on any atom is -0.481 e. The molecule has 1 unspecified atom stereocenters. The highest BCUT2D eigenvalue weighted by molar-refractivity contribution is 5.95. The van der Waals surface area contributed by atoms with Crippen LogP contribution in [0.25, 0.3) is 0 Å². The largest absolute Gasteiger partial charge is 0.481 e. The zero-order valence-electron chi connectivity index (χ0n) is 17.2. The molecule has 1 atom stereocenters. The highest BCUT2D eigenvalue weighted by atomic mass is 16.5. The third-order valence-corrected chi connectivity index (χ3v) is 6.41. The van der Waals surface area contributed by atoms with Crippen molar-refractivity contribution < 1.29 is 19.4 Å². The quantitative estimate of drug-likeness (QED) is 0.837. The summed E-state index contributed by atoms with van der Waals surface area (Å²) < 4.78 is 5.05. The van der Waals surface area contributed by atoms with Crippen LogP contribution in [0.3, 0.4) is 0 Å². The SMILES string of the molecule is COc1ccc(C(=O)N2CCC3(CC2)CC(CO)N(C(=O)c2ccccc2)C3)cn1. The third kappa shape index (κ3) is 3.89. The van der Waals surface area contributed by atoms with Crippen molar-refractivity contribution in [1.82, 2.24) is 14.8 Å². The van der Waals surface area contributed by atoms with Crippen molar-refractivity contribution in [2.45, 2.75) is 25.3 Å². The van der Waals surface area contributed by atoms with E-state index in [1.54, 1.807) is 25.4 Å². The zero-order valence-corrected chi connectivity index (χ0v) is 17.2. The van der Waals surface area contributed by atoms with Gasteiger partial charge < -0.3 is 19.6 Å². The average molecular weight is 409 g/mol. The van der Waals surface area contributed by atoms with E-state index in [4.69, 9.17) is 4.74 Å². The molecule has 1 spiro atoms. The van der Waals surface area contributed by atoms with Crippen LogP contribution in [-0.2, 0) is 0 Å². The Morgan fingerprint density at radius 1 is 1.10 bits per heavy atom. The Labute approximate surface area is 176 Å². The summed E-state index contributed by atoms with van der Waals surface area (Å²) in [7, 11) is 1.54. The first-order valence-electron chi connectivity index (χ1n) is 10.3.